The van der Waals surface area contributed by atoms with Crippen molar-refractivity contribution in [1.29, 1.82) is 0 Å². The van der Waals surface area contributed by atoms with E-state index in [0.29, 0.717) is 40.8 Å². The van der Waals surface area contributed by atoms with E-state index in [2.05, 4.69) is 20.6 Å². The Hall–Kier alpha value is -3.78. The Morgan fingerprint density at radius 3 is 2.74 bits per heavy atom. The first-order chi connectivity index (χ1) is 16.7. The van der Waals surface area contributed by atoms with Crippen LogP contribution < -0.4 is 15.4 Å². The van der Waals surface area contributed by atoms with Gasteiger partial charge in [-0.3, -0.25) is 4.79 Å². The van der Waals surface area contributed by atoms with Crippen LogP contribution in [0.1, 0.15) is 35.4 Å². The number of nitrogens with one attached hydrogen (secondary N) is 3. The number of aromatic amines is 1. The number of rotatable bonds is 9. The number of H-pyrrole nitrogens is 1. The van der Waals surface area contributed by atoms with Crippen LogP contribution in [0.5, 0.6) is 5.88 Å². The minimum atomic E-state index is -0.127. The predicted octanol–water partition coefficient (Wildman–Crippen LogP) is 3.51. The molecule has 3 N–H and O–H groups in total. The van der Waals surface area contributed by atoms with Crippen LogP contribution in [0.25, 0.3) is 22.3 Å². The Bertz CT molecular complexity index is 1250. The molecular weight excluding hydrogens is 428 g/mol. The molecule has 174 valence electrons. The summed E-state index contributed by atoms with van der Waals surface area (Å²) in [6.45, 7) is 0.570. The van der Waals surface area contributed by atoms with Crippen LogP contribution in [-0.2, 0) is 6.42 Å². The third-order valence-electron chi connectivity index (χ3n) is 6.15. The molecule has 4 aromatic rings. The van der Waals surface area contributed by atoms with E-state index in [4.69, 9.17) is 14.7 Å². The highest BCUT2D eigenvalue weighted by Gasteiger charge is 2.31. The predicted molar refractivity (Wildman–Crippen MR) is 131 cm³/mol. The Morgan fingerprint density at radius 1 is 1.12 bits per heavy atom. The number of benzene rings is 2. The highest BCUT2D eigenvalue weighted by Crippen LogP contribution is 2.33. The number of amides is 1. The van der Waals surface area contributed by atoms with Crippen LogP contribution in [0.4, 0.5) is 0 Å². The van der Waals surface area contributed by atoms with E-state index in [1.807, 2.05) is 43.4 Å². The molecular formula is C26H28N6O2. The Labute approximate surface area is 198 Å². The molecule has 1 aliphatic carbocycles. The normalized spacial score (nSPS) is 17.3. The lowest BCUT2D eigenvalue weighted by molar-refractivity contribution is 0.0845. The van der Waals surface area contributed by atoms with E-state index in [1.54, 1.807) is 24.5 Å². The van der Waals surface area contributed by atoms with Crippen molar-refractivity contribution in [3.8, 4) is 17.1 Å². The molecule has 0 bridgehead atoms. The third-order valence-corrected chi connectivity index (χ3v) is 6.15. The number of aromatic nitrogens is 4. The molecule has 0 atom stereocenters. The maximum Gasteiger partial charge on any atom is 0.251 e. The van der Waals surface area contributed by atoms with E-state index in [9.17, 15) is 4.79 Å². The lowest BCUT2D eigenvalue weighted by Gasteiger charge is -2.35. The topological polar surface area (TPSA) is 105 Å². The molecule has 0 radical (unpaired) electrons. The largest absolute Gasteiger partial charge is 0.473 e. The molecule has 8 heteroatoms. The van der Waals surface area contributed by atoms with Crippen LogP contribution in [0.15, 0.2) is 60.9 Å². The van der Waals surface area contributed by atoms with Gasteiger partial charge in [-0.15, -0.1) is 0 Å². The molecule has 2 heterocycles. The standard InChI is InChI=1S/C26H28N6O2/c1-27-19-15-20(16-19)34-26-24(17-6-3-2-4-7-17)31-22-14-18(9-10-21(22)32-26)25(33)30-11-5-8-23-28-12-13-29-23/h2-4,6-7,9-10,12-14,19-20,27H,5,8,11,15-16H2,1H3,(H,28,29)(H,30,33). The van der Waals surface area contributed by atoms with Gasteiger partial charge < -0.3 is 20.4 Å². The molecule has 0 saturated heterocycles. The van der Waals surface area contributed by atoms with Crippen molar-refractivity contribution in [2.24, 2.45) is 0 Å². The van der Waals surface area contributed by atoms with Gasteiger partial charge in [0.25, 0.3) is 5.91 Å². The number of aryl methyl sites for hydroxylation is 1. The fraction of sp³-hybridized carbons (Fsp3) is 0.308. The number of hydrogen-bond donors (Lipinski definition) is 3. The molecule has 34 heavy (non-hydrogen) atoms. The summed E-state index contributed by atoms with van der Waals surface area (Å²) < 4.78 is 6.25. The number of fused-ring (bicyclic) bond motifs is 1. The summed E-state index contributed by atoms with van der Waals surface area (Å²) in [7, 11) is 1.97. The van der Waals surface area contributed by atoms with E-state index < -0.39 is 0 Å². The van der Waals surface area contributed by atoms with Gasteiger partial charge >= 0.3 is 0 Å². The average molecular weight is 457 g/mol. The van der Waals surface area contributed by atoms with Crippen molar-refractivity contribution in [3.05, 3.63) is 72.3 Å². The molecule has 8 nitrogen and oxygen atoms in total. The minimum absolute atomic E-state index is 0.123. The zero-order chi connectivity index (χ0) is 23.3. The van der Waals surface area contributed by atoms with Gasteiger partial charge in [0.2, 0.25) is 5.88 Å². The molecule has 0 spiro atoms. The van der Waals surface area contributed by atoms with Crippen molar-refractivity contribution in [3.63, 3.8) is 0 Å². The van der Waals surface area contributed by atoms with Gasteiger partial charge in [-0.2, -0.15) is 0 Å². The highest BCUT2D eigenvalue weighted by molar-refractivity contribution is 5.97. The Morgan fingerprint density at radius 2 is 1.97 bits per heavy atom. The maximum atomic E-state index is 12.7. The number of carbonyl (C=O) groups excluding carboxylic acids is 1. The minimum Gasteiger partial charge on any atom is -0.473 e. The van der Waals surface area contributed by atoms with Crippen LogP contribution in [-0.4, -0.2) is 51.6 Å². The lowest BCUT2D eigenvalue weighted by Crippen LogP contribution is -2.45. The summed E-state index contributed by atoms with van der Waals surface area (Å²) in [5.41, 5.74) is 3.55. The molecule has 1 saturated carbocycles. The molecule has 1 aliphatic rings. The summed E-state index contributed by atoms with van der Waals surface area (Å²) in [5.74, 6) is 1.33. The molecule has 5 rings (SSSR count). The van der Waals surface area contributed by atoms with Crippen LogP contribution in [0.2, 0.25) is 0 Å². The Kier molecular flexibility index (Phi) is 6.49. The van der Waals surface area contributed by atoms with E-state index in [0.717, 1.165) is 37.1 Å². The molecule has 2 aromatic carbocycles. The van der Waals surface area contributed by atoms with Gasteiger partial charge in [0, 0.05) is 42.5 Å². The summed E-state index contributed by atoms with van der Waals surface area (Å²) in [5, 5.41) is 6.25. The second-order valence-corrected chi connectivity index (χ2v) is 8.54. The number of ether oxygens (including phenoxy) is 1. The van der Waals surface area contributed by atoms with Gasteiger partial charge in [-0.05, 0) is 44.5 Å². The second kappa shape index (κ2) is 10.0. The van der Waals surface area contributed by atoms with Gasteiger partial charge in [0.05, 0.1) is 11.0 Å². The zero-order valence-electron chi connectivity index (χ0n) is 19.1. The summed E-state index contributed by atoms with van der Waals surface area (Å²) in [4.78, 5) is 29.6. The van der Waals surface area contributed by atoms with Crippen molar-refractivity contribution in [2.75, 3.05) is 13.6 Å². The Balaban J connectivity index is 1.35. The van der Waals surface area contributed by atoms with Gasteiger partial charge in [-0.1, -0.05) is 30.3 Å². The number of carbonyl (C=O) groups is 1. The number of hydrogen-bond acceptors (Lipinski definition) is 6. The first kappa shape index (κ1) is 22.0. The van der Waals surface area contributed by atoms with E-state index >= 15 is 0 Å². The smallest absolute Gasteiger partial charge is 0.251 e. The van der Waals surface area contributed by atoms with Crippen molar-refractivity contribution >= 4 is 16.9 Å². The number of imidazole rings is 1. The monoisotopic (exact) mass is 456 g/mol. The van der Waals surface area contributed by atoms with Crippen LogP contribution in [0, 0.1) is 0 Å². The van der Waals surface area contributed by atoms with Crippen molar-refractivity contribution in [2.45, 2.75) is 37.8 Å². The van der Waals surface area contributed by atoms with Crippen LogP contribution in [0.3, 0.4) is 0 Å². The maximum absolute atomic E-state index is 12.7. The first-order valence-electron chi connectivity index (χ1n) is 11.7. The highest BCUT2D eigenvalue weighted by atomic mass is 16.5. The van der Waals surface area contributed by atoms with Crippen molar-refractivity contribution in [1.82, 2.24) is 30.6 Å². The second-order valence-electron chi connectivity index (χ2n) is 8.54. The molecule has 2 aromatic heterocycles. The summed E-state index contributed by atoms with van der Waals surface area (Å²) in [6, 6.07) is 15.8. The van der Waals surface area contributed by atoms with Crippen molar-refractivity contribution < 1.29 is 9.53 Å². The fourth-order valence-corrected chi connectivity index (χ4v) is 4.10. The summed E-state index contributed by atoms with van der Waals surface area (Å²) in [6.07, 6.45) is 7.15. The van der Waals surface area contributed by atoms with Gasteiger partial charge in [0.1, 0.15) is 17.6 Å². The molecule has 1 amide bonds. The van der Waals surface area contributed by atoms with Gasteiger partial charge in [0.15, 0.2) is 0 Å². The molecule has 0 aliphatic heterocycles. The van der Waals surface area contributed by atoms with E-state index in [-0.39, 0.29) is 12.0 Å². The molecule has 1 fully saturated rings. The quantitative estimate of drug-likeness (QED) is 0.333. The lowest BCUT2D eigenvalue weighted by atomic mass is 9.89. The zero-order valence-corrected chi connectivity index (χ0v) is 19.1. The first-order valence-corrected chi connectivity index (χ1v) is 11.7. The van der Waals surface area contributed by atoms with Crippen LogP contribution >= 0.6 is 0 Å². The average Bonchev–Trinajstić information content (AvgIpc) is 3.37. The fourth-order valence-electron chi connectivity index (χ4n) is 4.10. The molecule has 0 unspecified atom stereocenters. The third kappa shape index (κ3) is 4.92. The van der Waals surface area contributed by atoms with E-state index in [1.165, 1.54) is 0 Å². The SMILES string of the molecule is CNC1CC(Oc2nc3ccc(C(=O)NCCCc4ncc[nH]4)cc3nc2-c2ccccc2)C1. The van der Waals surface area contributed by atoms with Gasteiger partial charge in [-0.25, -0.2) is 15.0 Å². The summed E-state index contributed by atoms with van der Waals surface area (Å²) >= 11 is 0. The number of nitrogens with zero attached hydrogens (tertiary/aromatic N) is 3.